The van der Waals surface area contributed by atoms with Crippen LogP contribution in [0, 0.1) is 0 Å². The largest absolute Gasteiger partial charge is 0.311 e. The predicted molar refractivity (Wildman–Crippen MR) is 55.9 cm³/mol. The standard InChI is InChI=1S/C11H22N2/c1-2-10-9-13(8-7-12-10)11-5-3-4-6-11/h10-12H,2-9H2,1H3. The minimum Gasteiger partial charge on any atom is -0.311 e. The van der Waals surface area contributed by atoms with Crippen LogP contribution in [-0.2, 0) is 0 Å². The highest BCUT2D eigenvalue weighted by atomic mass is 15.2. The summed E-state index contributed by atoms with van der Waals surface area (Å²) < 4.78 is 0. The van der Waals surface area contributed by atoms with Crippen molar-refractivity contribution in [3.8, 4) is 0 Å². The smallest absolute Gasteiger partial charge is 0.0193 e. The van der Waals surface area contributed by atoms with Crippen molar-refractivity contribution in [3.63, 3.8) is 0 Å². The summed E-state index contributed by atoms with van der Waals surface area (Å²) in [6, 6.07) is 1.69. The summed E-state index contributed by atoms with van der Waals surface area (Å²) in [6.45, 7) is 6.06. The Kier molecular flexibility index (Phi) is 3.23. The maximum atomic E-state index is 3.58. The molecule has 76 valence electrons. The van der Waals surface area contributed by atoms with E-state index in [1.165, 1.54) is 51.7 Å². The van der Waals surface area contributed by atoms with Crippen LogP contribution in [-0.4, -0.2) is 36.6 Å². The quantitative estimate of drug-likeness (QED) is 0.698. The van der Waals surface area contributed by atoms with Gasteiger partial charge in [-0.1, -0.05) is 19.8 Å². The molecule has 0 radical (unpaired) electrons. The van der Waals surface area contributed by atoms with Crippen LogP contribution in [0.1, 0.15) is 39.0 Å². The van der Waals surface area contributed by atoms with E-state index in [4.69, 9.17) is 0 Å². The molecule has 1 saturated carbocycles. The van der Waals surface area contributed by atoms with E-state index < -0.39 is 0 Å². The molecule has 2 heteroatoms. The normalized spacial score (nSPS) is 32.5. The molecule has 0 aromatic carbocycles. The molecule has 1 atom stereocenters. The van der Waals surface area contributed by atoms with E-state index in [1.807, 2.05) is 0 Å². The Morgan fingerprint density at radius 1 is 1.31 bits per heavy atom. The molecule has 1 heterocycles. The molecular formula is C11H22N2. The molecule has 1 aliphatic heterocycles. The molecule has 2 fully saturated rings. The van der Waals surface area contributed by atoms with Gasteiger partial charge in [0, 0.05) is 31.7 Å². The van der Waals surface area contributed by atoms with Gasteiger partial charge in [-0.05, 0) is 19.3 Å². The Morgan fingerprint density at radius 2 is 2.08 bits per heavy atom. The van der Waals surface area contributed by atoms with Crippen LogP contribution >= 0.6 is 0 Å². The number of piperazine rings is 1. The minimum absolute atomic E-state index is 0.759. The first kappa shape index (κ1) is 9.47. The average molecular weight is 182 g/mol. The zero-order chi connectivity index (χ0) is 9.10. The lowest BCUT2D eigenvalue weighted by molar-refractivity contribution is 0.143. The molecule has 1 N–H and O–H groups in total. The molecule has 0 spiro atoms. The van der Waals surface area contributed by atoms with Crippen LogP contribution in [0.4, 0.5) is 0 Å². The SMILES string of the molecule is CCC1CN(C2CCCC2)CCN1. The van der Waals surface area contributed by atoms with Crippen molar-refractivity contribution in [1.82, 2.24) is 10.2 Å². The third kappa shape index (κ3) is 2.23. The minimum atomic E-state index is 0.759. The third-order valence-electron chi connectivity index (χ3n) is 3.62. The zero-order valence-corrected chi connectivity index (χ0v) is 8.76. The highest BCUT2D eigenvalue weighted by molar-refractivity contribution is 4.84. The summed E-state index contributed by atoms with van der Waals surface area (Å²) >= 11 is 0. The van der Waals surface area contributed by atoms with Gasteiger partial charge < -0.3 is 5.32 Å². The summed E-state index contributed by atoms with van der Waals surface area (Å²) in [5.41, 5.74) is 0. The number of nitrogens with one attached hydrogen (secondary N) is 1. The maximum absolute atomic E-state index is 3.58. The summed E-state index contributed by atoms with van der Waals surface area (Å²) in [5, 5.41) is 3.58. The molecule has 2 aliphatic rings. The third-order valence-corrected chi connectivity index (χ3v) is 3.62. The van der Waals surface area contributed by atoms with Crippen LogP contribution in [0.5, 0.6) is 0 Å². The lowest BCUT2D eigenvalue weighted by atomic mass is 10.1. The lowest BCUT2D eigenvalue weighted by Crippen LogP contribution is -2.53. The lowest BCUT2D eigenvalue weighted by Gasteiger charge is -2.37. The van der Waals surface area contributed by atoms with Crippen molar-refractivity contribution < 1.29 is 0 Å². The number of nitrogens with zero attached hydrogens (tertiary/aromatic N) is 1. The van der Waals surface area contributed by atoms with Crippen LogP contribution in [0.3, 0.4) is 0 Å². The van der Waals surface area contributed by atoms with Crippen molar-refractivity contribution in [2.75, 3.05) is 19.6 Å². The second-order valence-corrected chi connectivity index (χ2v) is 4.49. The number of rotatable bonds is 2. The van der Waals surface area contributed by atoms with Gasteiger partial charge in [-0.15, -0.1) is 0 Å². The first-order chi connectivity index (χ1) is 6.40. The molecule has 2 rings (SSSR count). The molecule has 1 aliphatic carbocycles. The van der Waals surface area contributed by atoms with Gasteiger partial charge in [0.1, 0.15) is 0 Å². The second kappa shape index (κ2) is 4.43. The van der Waals surface area contributed by atoms with Crippen LogP contribution < -0.4 is 5.32 Å². The van der Waals surface area contributed by atoms with E-state index in [0.717, 1.165) is 12.1 Å². The summed E-state index contributed by atoms with van der Waals surface area (Å²) in [4.78, 5) is 2.72. The van der Waals surface area contributed by atoms with E-state index in [1.54, 1.807) is 0 Å². The second-order valence-electron chi connectivity index (χ2n) is 4.49. The Hall–Kier alpha value is -0.0800. The monoisotopic (exact) mass is 182 g/mol. The van der Waals surface area contributed by atoms with Crippen molar-refractivity contribution in [3.05, 3.63) is 0 Å². The van der Waals surface area contributed by atoms with Gasteiger partial charge in [0.05, 0.1) is 0 Å². The Balaban J connectivity index is 1.84. The molecule has 0 amide bonds. The Morgan fingerprint density at radius 3 is 2.77 bits per heavy atom. The molecule has 0 aromatic rings. The van der Waals surface area contributed by atoms with Gasteiger partial charge in [0.15, 0.2) is 0 Å². The highest BCUT2D eigenvalue weighted by Crippen LogP contribution is 2.24. The van der Waals surface area contributed by atoms with E-state index in [2.05, 4.69) is 17.1 Å². The first-order valence-electron chi connectivity index (χ1n) is 5.87. The van der Waals surface area contributed by atoms with E-state index >= 15 is 0 Å². The molecule has 1 saturated heterocycles. The average Bonchev–Trinajstić information content (AvgIpc) is 2.71. The topological polar surface area (TPSA) is 15.3 Å². The fourth-order valence-corrected chi connectivity index (χ4v) is 2.73. The van der Waals surface area contributed by atoms with Crippen LogP contribution in [0.2, 0.25) is 0 Å². The number of hydrogen-bond acceptors (Lipinski definition) is 2. The maximum Gasteiger partial charge on any atom is 0.0193 e. The summed E-state index contributed by atoms with van der Waals surface area (Å²) in [7, 11) is 0. The fraction of sp³-hybridized carbons (Fsp3) is 1.00. The summed E-state index contributed by atoms with van der Waals surface area (Å²) in [5.74, 6) is 0. The van der Waals surface area contributed by atoms with E-state index in [0.29, 0.717) is 0 Å². The molecule has 0 bridgehead atoms. The Labute approximate surface area is 81.7 Å². The fourth-order valence-electron chi connectivity index (χ4n) is 2.73. The Bertz CT molecular complexity index is 152. The van der Waals surface area contributed by atoms with Crippen molar-refractivity contribution in [2.45, 2.75) is 51.1 Å². The van der Waals surface area contributed by atoms with Gasteiger partial charge in [0.25, 0.3) is 0 Å². The van der Waals surface area contributed by atoms with Gasteiger partial charge in [-0.2, -0.15) is 0 Å². The van der Waals surface area contributed by atoms with Crippen molar-refractivity contribution in [1.29, 1.82) is 0 Å². The highest BCUT2D eigenvalue weighted by Gasteiger charge is 2.26. The molecular weight excluding hydrogens is 160 g/mol. The van der Waals surface area contributed by atoms with E-state index in [9.17, 15) is 0 Å². The van der Waals surface area contributed by atoms with Gasteiger partial charge in [-0.25, -0.2) is 0 Å². The van der Waals surface area contributed by atoms with Crippen molar-refractivity contribution >= 4 is 0 Å². The predicted octanol–water partition coefficient (Wildman–Crippen LogP) is 1.61. The summed E-state index contributed by atoms with van der Waals surface area (Å²) in [6.07, 6.45) is 7.12. The zero-order valence-electron chi connectivity index (χ0n) is 8.76. The number of hydrogen-bond donors (Lipinski definition) is 1. The van der Waals surface area contributed by atoms with Crippen molar-refractivity contribution in [2.24, 2.45) is 0 Å². The molecule has 0 aromatic heterocycles. The van der Waals surface area contributed by atoms with Gasteiger partial charge in [-0.3, -0.25) is 4.90 Å². The van der Waals surface area contributed by atoms with E-state index in [-0.39, 0.29) is 0 Å². The van der Waals surface area contributed by atoms with Gasteiger partial charge >= 0.3 is 0 Å². The first-order valence-corrected chi connectivity index (χ1v) is 5.87. The van der Waals surface area contributed by atoms with Crippen LogP contribution in [0.25, 0.3) is 0 Å². The van der Waals surface area contributed by atoms with Gasteiger partial charge in [0.2, 0.25) is 0 Å². The molecule has 13 heavy (non-hydrogen) atoms. The molecule has 1 unspecified atom stereocenters. The molecule has 2 nitrogen and oxygen atoms in total. The van der Waals surface area contributed by atoms with Crippen LogP contribution in [0.15, 0.2) is 0 Å².